The van der Waals surface area contributed by atoms with E-state index in [1.54, 1.807) is 12.5 Å². The molecular formula is C24H30O9. The minimum absolute atomic E-state index is 0.124. The van der Waals surface area contributed by atoms with Gasteiger partial charge in [-0.2, -0.15) is 0 Å². The van der Waals surface area contributed by atoms with E-state index < -0.39 is 47.2 Å². The van der Waals surface area contributed by atoms with E-state index in [9.17, 15) is 14.4 Å². The van der Waals surface area contributed by atoms with E-state index in [1.807, 2.05) is 13.0 Å². The Labute approximate surface area is 192 Å². The van der Waals surface area contributed by atoms with Gasteiger partial charge >= 0.3 is 11.9 Å². The van der Waals surface area contributed by atoms with Crippen molar-refractivity contribution in [2.24, 2.45) is 23.2 Å². The van der Waals surface area contributed by atoms with Gasteiger partial charge in [0.05, 0.1) is 31.2 Å². The lowest BCUT2D eigenvalue weighted by Gasteiger charge is -2.58. The Morgan fingerprint density at radius 2 is 1.97 bits per heavy atom. The molecule has 2 aliphatic carbocycles. The van der Waals surface area contributed by atoms with Crippen LogP contribution in [0.15, 0.2) is 23.0 Å². The normalized spacial score (nSPS) is 42.5. The van der Waals surface area contributed by atoms with Gasteiger partial charge < -0.3 is 28.1 Å². The number of fused-ring (bicyclic) bond motifs is 3. The molecule has 3 heterocycles. The number of carbonyl (C=O) groups excluding carboxylic acids is 3. The molecule has 9 nitrogen and oxygen atoms in total. The second-order valence-corrected chi connectivity index (χ2v) is 9.81. The summed E-state index contributed by atoms with van der Waals surface area (Å²) in [6.07, 6.45) is 3.67. The number of hydrogen-bond donors (Lipinski definition) is 0. The molecule has 1 aromatic heterocycles. The minimum Gasteiger partial charge on any atom is -0.472 e. The SMILES string of the molecule is CC(=O)O[C@@H]1O[C@H](c2ccoc2)C[C@]12[C@H](C)[C@H](OC(C)=O)C(=O)[C@H]1[C@@H]2CCC[C@@]12COCO2. The Hall–Kier alpha value is -2.23. The van der Waals surface area contributed by atoms with Gasteiger partial charge in [-0.05, 0) is 31.2 Å². The largest absolute Gasteiger partial charge is 0.472 e. The molecule has 4 fully saturated rings. The summed E-state index contributed by atoms with van der Waals surface area (Å²) in [5.74, 6) is -2.33. The number of ether oxygens (including phenoxy) is 5. The third-order valence-corrected chi connectivity index (χ3v) is 8.19. The molecule has 0 radical (unpaired) electrons. The molecule has 0 amide bonds. The first-order chi connectivity index (χ1) is 15.8. The van der Waals surface area contributed by atoms with Gasteiger partial charge in [-0.3, -0.25) is 14.4 Å². The summed E-state index contributed by atoms with van der Waals surface area (Å²) < 4.78 is 34.7. The zero-order valence-electron chi connectivity index (χ0n) is 19.1. The average Bonchev–Trinajstić information content (AvgIpc) is 3.50. The lowest BCUT2D eigenvalue weighted by atomic mass is 9.48. The molecule has 2 aliphatic heterocycles. The van der Waals surface area contributed by atoms with Gasteiger partial charge in [0.2, 0.25) is 6.29 Å². The fourth-order valence-corrected chi connectivity index (χ4v) is 6.88. The van der Waals surface area contributed by atoms with Gasteiger partial charge in [-0.1, -0.05) is 13.3 Å². The molecule has 0 unspecified atom stereocenters. The summed E-state index contributed by atoms with van der Waals surface area (Å²) in [6.45, 7) is 4.97. The van der Waals surface area contributed by atoms with Crippen LogP contribution in [0.4, 0.5) is 0 Å². The van der Waals surface area contributed by atoms with E-state index in [2.05, 4.69) is 0 Å². The van der Waals surface area contributed by atoms with Crippen LogP contribution in [-0.4, -0.2) is 49.1 Å². The molecule has 4 aliphatic rings. The van der Waals surface area contributed by atoms with E-state index in [-0.39, 0.29) is 24.6 Å². The summed E-state index contributed by atoms with van der Waals surface area (Å²) in [6, 6.07) is 1.82. The van der Waals surface area contributed by atoms with Crippen LogP contribution >= 0.6 is 0 Å². The van der Waals surface area contributed by atoms with Crippen LogP contribution in [0.1, 0.15) is 58.1 Å². The van der Waals surface area contributed by atoms with Crippen LogP contribution in [0.3, 0.4) is 0 Å². The van der Waals surface area contributed by atoms with Crippen molar-refractivity contribution in [3.63, 3.8) is 0 Å². The number of rotatable bonds is 3. The predicted molar refractivity (Wildman–Crippen MR) is 110 cm³/mol. The minimum atomic E-state index is -0.993. The van der Waals surface area contributed by atoms with Crippen molar-refractivity contribution in [2.75, 3.05) is 13.4 Å². The second kappa shape index (κ2) is 8.21. The van der Waals surface area contributed by atoms with Crippen molar-refractivity contribution in [2.45, 2.75) is 70.6 Å². The first-order valence-corrected chi connectivity index (χ1v) is 11.6. The molecule has 9 heteroatoms. The standard InChI is InChI=1S/C24H30O9/c1-13-21(31-14(2)25)20(27)19-17(5-4-7-23(19)11-29-12-30-23)24(13)9-18(16-6-8-28-10-16)33-22(24)32-15(3)26/h6,8,10,13,17-19,21-22H,4-5,7,9,11-12H2,1-3H3/t13-,17+,18+,19-,21+,22-,23-,24-/m1/s1. The number of hydrogen-bond acceptors (Lipinski definition) is 9. The first kappa shape index (κ1) is 22.6. The van der Waals surface area contributed by atoms with Crippen LogP contribution in [0, 0.1) is 23.2 Å². The van der Waals surface area contributed by atoms with Crippen LogP contribution in [0.25, 0.3) is 0 Å². The van der Waals surface area contributed by atoms with Crippen LogP contribution in [0.2, 0.25) is 0 Å². The molecule has 2 spiro atoms. The second-order valence-electron chi connectivity index (χ2n) is 9.81. The fourth-order valence-electron chi connectivity index (χ4n) is 6.88. The highest BCUT2D eigenvalue weighted by Crippen LogP contribution is 2.65. The average molecular weight is 462 g/mol. The van der Waals surface area contributed by atoms with Crippen molar-refractivity contribution >= 4 is 17.7 Å². The van der Waals surface area contributed by atoms with Gasteiger partial charge in [0.25, 0.3) is 0 Å². The van der Waals surface area contributed by atoms with Gasteiger partial charge in [0.15, 0.2) is 11.9 Å². The lowest BCUT2D eigenvalue weighted by Crippen LogP contribution is -2.67. The molecule has 0 aromatic carbocycles. The third-order valence-electron chi connectivity index (χ3n) is 8.19. The quantitative estimate of drug-likeness (QED) is 0.626. The number of esters is 2. The molecule has 1 aromatic rings. The first-order valence-electron chi connectivity index (χ1n) is 11.6. The Morgan fingerprint density at radius 3 is 2.61 bits per heavy atom. The summed E-state index contributed by atoms with van der Waals surface area (Å²) in [5, 5.41) is 0. The van der Waals surface area contributed by atoms with E-state index in [0.717, 1.165) is 18.4 Å². The molecule has 2 saturated heterocycles. The molecule has 180 valence electrons. The Balaban J connectivity index is 1.64. The Morgan fingerprint density at radius 1 is 1.18 bits per heavy atom. The van der Waals surface area contributed by atoms with Crippen LogP contribution in [0.5, 0.6) is 0 Å². The van der Waals surface area contributed by atoms with E-state index >= 15 is 0 Å². The number of furan rings is 1. The highest BCUT2D eigenvalue weighted by Gasteiger charge is 2.71. The number of carbonyl (C=O) groups is 3. The van der Waals surface area contributed by atoms with Crippen molar-refractivity contribution in [3.05, 3.63) is 24.2 Å². The topological polar surface area (TPSA) is 110 Å². The van der Waals surface area contributed by atoms with Gasteiger partial charge in [0, 0.05) is 30.7 Å². The zero-order valence-corrected chi connectivity index (χ0v) is 19.1. The monoisotopic (exact) mass is 462 g/mol. The summed E-state index contributed by atoms with van der Waals surface area (Å²) in [4.78, 5) is 38.0. The Kier molecular flexibility index (Phi) is 5.61. The maximum absolute atomic E-state index is 13.9. The molecule has 8 atom stereocenters. The maximum Gasteiger partial charge on any atom is 0.304 e. The van der Waals surface area contributed by atoms with Crippen molar-refractivity contribution in [1.29, 1.82) is 0 Å². The van der Waals surface area contributed by atoms with E-state index in [4.69, 9.17) is 28.1 Å². The van der Waals surface area contributed by atoms with E-state index in [1.165, 1.54) is 13.8 Å². The van der Waals surface area contributed by atoms with Crippen LogP contribution in [-0.2, 0) is 38.1 Å². The molecule has 33 heavy (non-hydrogen) atoms. The predicted octanol–water partition coefficient (Wildman–Crippen LogP) is 2.93. The van der Waals surface area contributed by atoms with Crippen molar-refractivity contribution < 1.29 is 42.5 Å². The van der Waals surface area contributed by atoms with Crippen molar-refractivity contribution in [1.82, 2.24) is 0 Å². The summed E-state index contributed by atoms with van der Waals surface area (Å²) in [5.41, 5.74) is -0.703. The smallest absolute Gasteiger partial charge is 0.304 e. The highest BCUT2D eigenvalue weighted by molar-refractivity contribution is 5.90. The fraction of sp³-hybridized carbons (Fsp3) is 0.708. The summed E-state index contributed by atoms with van der Waals surface area (Å²) >= 11 is 0. The van der Waals surface area contributed by atoms with E-state index in [0.29, 0.717) is 19.4 Å². The maximum atomic E-state index is 13.9. The molecule has 0 bridgehead atoms. The molecular weight excluding hydrogens is 432 g/mol. The van der Waals surface area contributed by atoms with Crippen molar-refractivity contribution in [3.8, 4) is 0 Å². The number of ketones is 1. The van der Waals surface area contributed by atoms with Gasteiger partial charge in [-0.25, -0.2) is 0 Å². The van der Waals surface area contributed by atoms with Gasteiger partial charge in [-0.15, -0.1) is 0 Å². The third kappa shape index (κ3) is 3.43. The molecule has 5 rings (SSSR count). The lowest BCUT2D eigenvalue weighted by molar-refractivity contribution is -0.241. The Bertz CT molecular complexity index is 918. The zero-order chi connectivity index (χ0) is 23.4. The molecule has 2 saturated carbocycles. The number of Topliss-reactive ketones (excluding diaryl/α,β-unsaturated/α-hetero) is 1. The van der Waals surface area contributed by atoms with Crippen LogP contribution < -0.4 is 0 Å². The molecule has 0 N–H and O–H groups in total. The summed E-state index contributed by atoms with van der Waals surface area (Å²) in [7, 11) is 0. The highest BCUT2D eigenvalue weighted by atomic mass is 16.7. The van der Waals surface area contributed by atoms with Gasteiger partial charge in [0.1, 0.15) is 12.4 Å².